The van der Waals surface area contributed by atoms with Gasteiger partial charge in [-0.25, -0.2) is 4.98 Å². The third-order valence-electron chi connectivity index (χ3n) is 3.44. The summed E-state index contributed by atoms with van der Waals surface area (Å²) in [4.78, 5) is 16.1. The summed E-state index contributed by atoms with van der Waals surface area (Å²) in [6.45, 7) is 1.11. The lowest BCUT2D eigenvalue weighted by Gasteiger charge is -2.11. The highest BCUT2D eigenvalue weighted by atomic mass is 35.5. The summed E-state index contributed by atoms with van der Waals surface area (Å²) in [5.41, 5.74) is 2.66. The summed E-state index contributed by atoms with van der Waals surface area (Å²) in [5.74, 6) is -0.178. The van der Waals surface area contributed by atoms with Gasteiger partial charge in [0.05, 0.1) is 12.1 Å². The van der Waals surface area contributed by atoms with Crippen LogP contribution >= 0.6 is 11.6 Å². The van der Waals surface area contributed by atoms with E-state index in [1.54, 1.807) is 18.3 Å². The molecule has 0 unspecified atom stereocenters. The first kappa shape index (κ1) is 15.2. The number of pyridine rings is 1. The number of halogens is 1. The maximum Gasteiger partial charge on any atom is 0.253 e. The second-order valence-corrected chi connectivity index (χ2v) is 5.41. The van der Waals surface area contributed by atoms with Crippen LogP contribution in [0.25, 0.3) is 0 Å². The van der Waals surface area contributed by atoms with Crippen molar-refractivity contribution in [2.24, 2.45) is 0 Å². The van der Waals surface area contributed by atoms with Gasteiger partial charge in [-0.2, -0.15) is 5.10 Å². The van der Waals surface area contributed by atoms with E-state index in [0.29, 0.717) is 23.8 Å². The molecule has 0 spiro atoms. The molecule has 0 aliphatic heterocycles. The Hall–Kier alpha value is -2.66. The number of carbonyl (C=O) groups is 1. The van der Waals surface area contributed by atoms with Crippen molar-refractivity contribution < 1.29 is 4.79 Å². The Morgan fingerprint density at radius 2 is 1.96 bits per heavy atom. The van der Waals surface area contributed by atoms with Gasteiger partial charge in [0.15, 0.2) is 0 Å². The molecule has 1 N–H and O–H groups in total. The van der Waals surface area contributed by atoms with Gasteiger partial charge in [0.2, 0.25) is 0 Å². The summed E-state index contributed by atoms with van der Waals surface area (Å²) in [6, 6.07) is 13.1. The molecule has 0 aliphatic rings. The average Bonchev–Trinajstić information content (AvgIpc) is 3.07. The van der Waals surface area contributed by atoms with Crippen LogP contribution in [0.4, 0.5) is 0 Å². The van der Waals surface area contributed by atoms with Crippen LogP contribution in [0.3, 0.4) is 0 Å². The van der Waals surface area contributed by atoms with Crippen molar-refractivity contribution in [2.45, 2.75) is 13.1 Å². The van der Waals surface area contributed by atoms with E-state index in [4.69, 9.17) is 11.6 Å². The van der Waals surface area contributed by atoms with E-state index in [-0.39, 0.29) is 5.91 Å². The minimum Gasteiger partial charge on any atom is -0.348 e. The van der Waals surface area contributed by atoms with Gasteiger partial charge in [0, 0.05) is 25.1 Å². The molecule has 0 saturated carbocycles. The van der Waals surface area contributed by atoms with Crippen molar-refractivity contribution in [3.05, 3.63) is 82.9 Å². The molecule has 2 heterocycles. The van der Waals surface area contributed by atoms with E-state index in [9.17, 15) is 4.79 Å². The molecule has 2 aromatic heterocycles. The lowest BCUT2D eigenvalue weighted by atomic mass is 10.1. The number of hydrogen-bond donors (Lipinski definition) is 1. The fraction of sp³-hybridized carbons (Fsp3) is 0.118. The Kier molecular flexibility index (Phi) is 4.68. The molecule has 0 fully saturated rings. The second kappa shape index (κ2) is 7.07. The average molecular weight is 327 g/mol. The van der Waals surface area contributed by atoms with Gasteiger partial charge in [0.1, 0.15) is 5.15 Å². The van der Waals surface area contributed by atoms with Crippen molar-refractivity contribution in [1.82, 2.24) is 20.1 Å². The number of benzene rings is 1. The van der Waals surface area contributed by atoms with Crippen LogP contribution in [-0.4, -0.2) is 20.7 Å². The summed E-state index contributed by atoms with van der Waals surface area (Å²) in [7, 11) is 0. The zero-order valence-corrected chi connectivity index (χ0v) is 13.1. The van der Waals surface area contributed by atoms with Crippen molar-refractivity contribution in [2.75, 3.05) is 0 Å². The molecule has 0 bridgehead atoms. The minimum atomic E-state index is -0.178. The van der Waals surface area contributed by atoms with Gasteiger partial charge in [-0.05, 0) is 29.3 Å². The Labute approximate surface area is 138 Å². The number of hydrogen-bond acceptors (Lipinski definition) is 3. The molecule has 6 heteroatoms. The van der Waals surface area contributed by atoms with Crippen LogP contribution < -0.4 is 5.32 Å². The molecule has 116 valence electrons. The first-order valence-electron chi connectivity index (χ1n) is 7.16. The minimum absolute atomic E-state index is 0.178. The van der Waals surface area contributed by atoms with Gasteiger partial charge in [-0.1, -0.05) is 35.9 Å². The molecule has 0 radical (unpaired) electrons. The number of nitrogens with one attached hydrogen (secondary N) is 1. The first-order chi connectivity index (χ1) is 11.2. The monoisotopic (exact) mass is 326 g/mol. The molecular weight excluding hydrogens is 312 g/mol. The molecule has 1 aromatic carbocycles. The van der Waals surface area contributed by atoms with Crippen LogP contribution in [0, 0.1) is 0 Å². The SMILES string of the molecule is O=C(NCc1ccccc1Cn1cccn1)c1ccc(Cl)nc1. The van der Waals surface area contributed by atoms with Crippen LogP contribution in [-0.2, 0) is 13.1 Å². The Morgan fingerprint density at radius 1 is 1.13 bits per heavy atom. The van der Waals surface area contributed by atoms with E-state index in [1.165, 1.54) is 6.20 Å². The topological polar surface area (TPSA) is 59.8 Å². The number of carbonyl (C=O) groups excluding carboxylic acids is 1. The van der Waals surface area contributed by atoms with Crippen LogP contribution in [0.1, 0.15) is 21.5 Å². The zero-order chi connectivity index (χ0) is 16.1. The fourth-order valence-electron chi connectivity index (χ4n) is 2.24. The largest absolute Gasteiger partial charge is 0.348 e. The Balaban J connectivity index is 1.68. The lowest BCUT2D eigenvalue weighted by Crippen LogP contribution is -2.23. The number of amides is 1. The van der Waals surface area contributed by atoms with Crippen molar-refractivity contribution in [3.63, 3.8) is 0 Å². The van der Waals surface area contributed by atoms with Crippen molar-refractivity contribution in [3.8, 4) is 0 Å². The van der Waals surface area contributed by atoms with Gasteiger partial charge < -0.3 is 5.32 Å². The van der Waals surface area contributed by atoms with Crippen molar-refractivity contribution in [1.29, 1.82) is 0 Å². The predicted octanol–water partition coefficient (Wildman–Crippen LogP) is 2.91. The summed E-state index contributed by atoms with van der Waals surface area (Å²) >= 11 is 5.73. The molecule has 3 aromatic rings. The number of aromatic nitrogens is 3. The highest BCUT2D eigenvalue weighted by molar-refractivity contribution is 6.29. The van der Waals surface area contributed by atoms with E-state index < -0.39 is 0 Å². The third kappa shape index (κ3) is 3.96. The number of nitrogens with zero attached hydrogens (tertiary/aromatic N) is 3. The third-order valence-corrected chi connectivity index (χ3v) is 3.66. The predicted molar refractivity (Wildman–Crippen MR) is 88.2 cm³/mol. The van der Waals surface area contributed by atoms with Crippen LogP contribution in [0.15, 0.2) is 61.1 Å². The van der Waals surface area contributed by atoms with Gasteiger partial charge in [-0.15, -0.1) is 0 Å². The molecular formula is C17H15ClN4O. The molecule has 0 atom stereocenters. The normalized spacial score (nSPS) is 10.5. The van der Waals surface area contributed by atoms with Crippen LogP contribution in [0.2, 0.25) is 5.15 Å². The summed E-state index contributed by atoms with van der Waals surface area (Å²) < 4.78 is 1.85. The highest BCUT2D eigenvalue weighted by Gasteiger charge is 2.08. The fourth-order valence-corrected chi connectivity index (χ4v) is 2.35. The van der Waals surface area contributed by atoms with Gasteiger partial charge in [0.25, 0.3) is 5.91 Å². The quantitative estimate of drug-likeness (QED) is 0.733. The van der Waals surface area contributed by atoms with E-state index in [0.717, 1.165) is 11.1 Å². The van der Waals surface area contributed by atoms with E-state index in [1.807, 2.05) is 41.2 Å². The Bertz CT molecular complexity index is 785. The zero-order valence-electron chi connectivity index (χ0n) is 12.3. The molecule has 0 aliphatic carbocycles. The smallest absolute Gasteiger partial charge is 0.253 e. The highest BCUT2D eigenvalue weighted by Crippen LogP contribution is 2.11. The van der Waals surface area contributed by atoms with E-state index >= 15 is 0 Å². The van der Waals surface area contributed by atoms with Crippen molar-refractivity contribution >= 4 is 17.5 Å². The summed E-state index contributed by atoms with van der Waals surface area (Å²) in [5, 5.41) is 7.48. The van der Waals surface area contributed by atoms with Gasteiger partial charge in [-0.3, -0.25) is 9.48 Å². The van der Waals surface area contributed by atoms with E-state index in [2.05, 4.69) is 15.4 Å². The molecule has 0 saturated heterocycles. The standard InChI is InChI=1S/C17H15ClN4O/c18-16-7-6-14(11-19-16)17(23)20-10-13-4-1-2-5-15(13)12-22-9-3-8-21-22/h1-9,11H,10,12H2,(H,20,23). The Morgan fingerprint density at radius 3 is 2.65 bits per heavy atom. The summed E-state index contributed by atoms with van der Waals surface area (Å²) in [6.07, 6.45) is 5.12. The van der Waals surface area contributed by atoms with Gasteiger partial charge >= 0.3 is 0 Å². The van der Waals surface area contributed by atoms with Crippen LogP contribution in [0.5, 0.6) is 0 Å². The second-order valence-electron chi connectivity index (χ2n) is 5.02. The molecule has 1 amide bonds. The maximum atomic E-state index is 12.1. The first-order valence-corrected chi connectivity index (χ1v) is 7.54. The molecule has 3 rings (SSSR count). The lowest BCUT2D eigenvalue weighted by molar-refractivity contribution is 0.0950. The molecule has 23 heavy (non-hydrogen) atoms. The maximum absolute atomic E-state index is 12.1. The number of rotatable bonds is 5. The molecule has 5 nitrogen and oxygen atoms in total.